The Hall–Kier alpha value is -1.12. The van der Waals surface area contributed by atoms with Crippen LogP contribution in [0, 0.1) is 0 Å². The van der Waals surface area contributed by atoms with Crippen LogP contribution in [0.1, 0.15) is 18.5 Å². The quantitative estimate of drug-likeness (QED) is 0.376. The topological polar surface area (TPSA) is 127 Å². The molecule has 0 saturated carbocycles. The maximum absolute atomic E-state index is 9.58. The Balaban J connectivity index is 2.87. The molecule has 0 aliphatic heterocycles. The highest BCUT2D eigenvalue weighted by Crippen LogP contribution is 2.24. The number of aliphatic hydroxyl groups excluding tert-OH is 2. The number of aromatic nitrogens is 2. The molecule has 0 aromatic carbocycles. The zero-order chi connectivity index (χ0) is 12.3. The van der Waals surface area contributed by atoms with Gasteiger partial charge in [0.2, 0.25) is 12.1 Å². The summed E-state index contributed by atoms with van der Waals surface area (Å²) in [5.74, 6) is -3.83. The van der Waals surface area contributed by atoms with Crippen LogP contribution in [0.2, 0.25) is 0 Å². The minimum absolute atomic E-state index is 0.308. The molecule has 0 aliphatic rings. The molecule has 0 radical (unpaired) electrons. The van der Waals surface area contributed by atoms with Crippen LogP contribution in [0.3, 0.4) is 0 Å². The van der Waals surface area contributed by atoms with E-state index >= 15 is 0 Å². The molecule has 90 valence electrons. The van der Waals surface area contributed by atoms with Gasteiger partial charge in [0, 0.05) is 12.1 Å². The molecule has 2 atom stereocenters. The van der Waals surface area contributed by atoms with E-state index in [4.69, 9.17) is 10.2 Å². The molecular weight excluding hydrogens is 216 g/mol. The van der Waals surface area contributed by atoms with Crippen molar-refractivity contribution in [3.05, 3.63) is 24.0 Å². The van der Waals surface area contributed by atoms with Gasteiger partial charge in [0.1, 0.15) is 6.10 Å². The third-order valence-electron chi connectivity index (χ3n) is 2.35. The summed E-state index contributed by atoms with van der Waals surface area (Å²) in [4.78, 5) is 0. The Labute approximate surface area is 91.6 Å². The van der Waals surface area contributed by atoms with Crippen LogP contribution in [0.4, 0.5) is 0 Å². The van der Waals surface area contributed by atoms with Crippen LogP contribution in [-0.4, -0.2) is 53.9 Å². The molecule has 0 spiro atoms. The molecule has 1 aromatic rings. The van der Waals surface area contributed by atoms with Crippen LogP contribution < -0.4 is 0 Å². The molecule has 1 aromatic heterocycles. The summed E-state index contributed by atoms with van der Waals surface area (Å²) >= 11 is 0. The van der Waals surface area contributed by atoms with Gasteiger partial charge in [-0.05, 0) is 12.1 Å². The van der Waals surface area contributed by atoms with Gasteiger partial charge >= 0.3 is 0 Å². The minimum Gasteiger partial charge on any atom is -0.387 e. The van der Waals surface area contributed by atoms with Gasteiger partial charge in [-0.15, -0.1) is 0 Å². The van der Waals surface area contributed by atoms with E-state index in [-0.39, 0.29) is 0 Å². The molecule has 0 amide bonds. The van der Waals surface area contributed by atoms with Crippen molar-refractivity contribution >= 4 is 0 Å². The third kappa shape index (κ3) is 2.52. The highest BCUT2D eigenvalue weighted by Gasteiger charge is 2.43. The second-order valence-corrected chi connectivity index (χ2v) is 3.54. The summed E-state index contributed by atoms with van der Waals surface area (Å²) in [7, 11) is 0. The van der Waals surface area contributed by atoms with Crippen molar-refractivity contribution in [1.29, 1.82) is 0 Å². The molecule has 7 nitrogen and oxygen atoms in total. The van der Waals surface area contributed by atoms with Gasteiger partial charge in [-0.3, -0.25) is 0 Å². The molecule has 0 saturated heterocycles. The Morgan fingerprint density at radius 1 is 1.25 bits per heavy atom. The Morgan fingerprint density at radius 2 is 1.88 bits per heavy atom. The van der Waals surface area contributed by atoms with Crippen LogP contribution in [0.25, 0.3) is 0 Å². The number of hydrogen-bond donors (Lipinski definition) is 5. The van der Waals surface area contributed by atoms with E-state index in [2.05, 4.69) is 10.2 Å². The molecule has 0 bridgehead atoms. The van der Waals surface area contributed by atoms with Crippen molar-refractivity contribution in [1.82, 2.24) is 10.2 Å². The minimum atomic E-state index is -3.02. The fourth-order valence-electron chi connectivity index (χ4n) is 1.24. The first-order chi connectivity index (χ1) is 7.37. The summed E-state index contributed by atoms with van der Waals surface area (Å²) in [5.41, 5.74) is 0.308. The van der Waals surface area contributed by atoms with E-state index in [0.29, 0.717) is 5.69 Å². The van der Waals surface area contributed by atoms with Gasteiger partial charge in [0.05, 0.1) is 5.69 Å². The maximum Gasteiger partial charge on any atom is 0.242 e. The SMILES string of the molecule is CC(c1cccnn1)C(O)C(O)(O)C(O)O. The number of rotatable bonds is 4. The van der Waals surface area contributed by atoms with Gasteiger partial charge < -0.3 is 25.5 Å². The van der Waals surface area contributed by atoms with Crippen molar-refractivity contribution in [3.63, 3.8) is 0 Å². The van der Waals surface area contributed by atoms with Gasteiger partial charge in [-0.25, -0.2) is 0 Å². The first kappa shape index (κ1) is 12.9. The Morgan fingerprint density at radius 3 is 2.31 bits per heavy atom. The molecular formula is C9H14N2O5. The predicted octanol–water partition coefficient (Wildman–Crippen LogP) is -2.07. The largest absolute Gasteiger partial charge is 0.387 e. The molecule has 1 rings (SSSR count). The first-order valence-electron chi connectivity index (χ1n) is 4.64. The zero-order valence-electron chi connectivity index (χ0n) is 8.59. The maximum atomic E-state index is 9.58. The average Bonchev–Trinajstić information content (AvgIpc) is 2.28. The predicted molar refractivity (Wildman–Crippen MR) is 51.8 cm³/mol. The number of aliphatic hydroxyl groups is 5. The van der Waals surface area contributed by atoms with Crippen molar-refractivity contribution in [3.8, 4) is 0 Å². The van der Waals surface area contributed by atoms with Crippen molar-refractivity contribution < 1.29 is 25.5 Å². The fourth-order valence-corrected chi connectivity index (χ4v) is 1.24. The molecule has 0 fully saturated rings. The van der Waals surface area contributed by atoms with Crippen LogP contribution in [-0.2, 0) is 0 Å². The summed E-state index contributed by atoms with van der Waals surface area (Å²) in [6.45, 7) is 1.46. The van der Waals surface area contributed by atoms with Crippen molar-refractivity contribution in [2.24, 2.45) is 0 Å². The van der Waals surface area contributed by atoms with Gasteiger partial charge in [0.25, 0.3) is 0 Å². The zero-order valence-corrected chi connectivity index (χ0v) is 8.59. The Kier molecular flexibility index (Phi) is 3.89. The monoisotopic (exact) mass is 230 g/mol. The van der Waals surface area contributed by atoms with Gasteiger partial charge in [-0.1, -0.05) is 6.92 Å². The summed E-state index contributed by atoms with van der Waals surface area (Å²) in [5, 5.41) is 52.7. The lowest BCUT2D eigenvalue weighted by Crippen LogP contribution is -2.54. The van der Waals surface area contributed by atoms with E-state index in [1.54, 1.807) is 6.07 Å². The van der Waals surface area contributed by atoms with E-state index < -0.39 is 24.1 Å². The smallest absolute Gasteiger partial charge is 0.242 e. The molecule has 1 heterocycles. The molecule has 5 N–H and O–H groups in total. The van der Waals surface area contributed by atoms with Crippen LogP contribution >= 0.6 is 0 Å². The lowest BCUT2D eigenvalue weighted by atomic mass is 9.93. The molecule has 0 aliphatic carbocycles. The number of hydrogen-bond acceptors (Lipinski definition) is 7. The van der Waals surface area contributed by atoms with E-state index in [0.717, 1.165) is 0 Å². The fraction of sp³-hybridized carbons (Fsp3) is 0.556. The van der Waals surface area contributed by atoms with Gasteiger partial charge in [-0.2, -0.15) is 10.2 Å². The lowest BCUT2D eigenvalue weighted by Gasteiger charge is -2.31. The first-order valence-corrected chi connectivity index (χ1v) is 4.64. The lowest BCUT2D eigenvalue weighted by molar-refractivity contribution is -0.328. The van der Waals surface area contributed by atoms with E-state index in [1.165, 1.54) is 19.2 Å². The van der Waals surface area contributed by atoms with Crippen molar-refractivity contribution in [2.45, 2.75) is 31.0 Å². The van der Waals surface area contributed by atoms with Crippen molar-refractivity contribution in [2.75, 3.05) is 0 Å². The standard InChI is InChI=1S/C9H14N2O5/c1-5(6-3-2-4-10-11-6)7(12)9(15,16)8(13)14/h2-5,7-8,12-16H,1H3. The average molecular weight is 230 g/mol. The molecule has 16 heavy (non-hydrogen) atoms. The van der Waals surface area contributed by atoms with Crippen LogP contribution in [0.5, 0.6) is 0 Å². The highest BCUT2D eigenvalue weighted by molar-refractivity contribution is 5.09. The van der Waals surface area contributed by atoms with E-state index in [1.807, 2.05) is 0 Å². The summed E-state index contributed by atoms with van der Waals surface area (Å²) in [6.07, 6.45) is -2.85. The third-order valence-corrected chi connectivity index (χ3v) is 2.35. The second kappa shape index (κ2) is 4.81. The van der Waals surface area contributed by atoms with Gasteiger partial charge in [0.15, 0.2) is 0 Å². The molecule has 7 heteroatoms. The summed E-state index contributed by atoms with van der Waals surface area (Å²) in [6, 6.07) is 3.10. The van der Waals surface area contributed by atoms with E-state index in [9.17, 15) is 15.3 Å². The summed E-state index contributed by atoms with van der Waals surface area (Å²) < 4.78 is 0. The Bertz CT molecular complexity index is 330. The molecule has 2 unspecified atom stereocenters. The van der Waals surface area contributed by atoms with Crippen LogP contribution in [0.15, 0.2) is 18.3 Å². The number of nitrogens with zero attached hydrogens (tertiary/aromatic N) is 2. The normalized spacial score (nSPS) is 16.2. The highest BCUT2D eigenvalue weighted by atomic mass is 16.6. The second-order valence-electron chi connectivity index (χ2n) is 3.54.